The Balaban J connectivity index is 2.11. The Hall–Kier alpha value is -1.55. The lowest BCUT2D eigenvalue weighted by Crippen LogP contribution is -2.16. The first kappa shape index (κ1) is 20.5. The SMILES string of the molecule is CC(C)CC(C)OC(=O)CCCCCC(=O)Oc1cccc(Cl)c1. The van der Waals surface area contributed by atoms with Crippen molar-refractivity contribution in [1.29, 1.82) is 0 Å². The number of carbonyl (C=O) groups excluding carboxylic acids is 2. The van der Waals surface area contributed by atoms with E-state index in [1.807, 2.05) is 6.92 Å². The van der Waals surface area contributed by atoms with E-state index in [0.29, 0.717) is 36.0 Å². The minimum atomic E-state index is -0.287. The summed E-state index contributed by atoms with van der Waals surface area (Å²) in [6.45, 7) is 6.13. The molecular weight excluding hydrogens is 328 g/mol. The van der Waals surface area contributed by atoms with Gasteiger partial charge in [-0.3, -0.25) is 9.59 Å². The van der Waals surface area contributed by atoms with Crippen molar-refractivity contribution in [1.82, 2.24) is 0 Å². The van der Waals surface area contributed by atoms with E-state index < -0.39 is 0 Å². The van der Waals surface area contributed by atoms with Gasteiger partial charge in [-0.15, -0.1) is 0 Å². The summed E-state index contributed by atoms with van der Waals surface area (Å²) in [7, 11) is 0. The first-order chi connectivity index (χ1) is 11.4. The maximum Gasteiger partial charge on any atom is 0.311 e. The fourth-order valence-corrected chi connectivity index (χ4v) is 2.60. The molecule has 1 aromatic rings. The molecule has 24 heavy (non-hydrogen) atoms. The molecule has 1 unspecified atom stereocenters. The molecule has 0 aliphatic carbocycles. The van der Waals surface area contributed by atoms with Crippen LogP contribution in [0.1, 0.15) is 59.3 Å². The van der Waals surface area contributed by atoms with Crippen LogP contribution in [0.5, 0.6) is 5.75 Å². The van der Waals surface area contributed by atoms with Crippen LogP contribution in [-0.2, 0) is 14.3 Å². The van der Waals surface area contributed by atoms with Crippen LogP contribution < -0.4 is 4.74 Å². The predicted octanol–water partition coefficient (Wildman–Crippen LogP) is 5.17. The van der Waals surface area contributed by atoms with Crippen LogP contribution in [0.2, 0.25) is 5.02 Å². The van der Waals surface area contributed by atoms with Crippen molar-refractivity contribution in [2.45, 2.75) is 65.4 Å². The van der Waals surface area contributed by atoms with E-state index in [4.69, 9.17) is 21.1 Å². The lowest BCUT2D eigenvalue weighted by atomic mass is 10.1. The molecule has 0 aromatic heterocycles. The number of halogens is 1. The van der Waals surface area contributed by atoms with Gasteiger partial charge in [0.15, 0.2) is 0 Å². The van der Waals surface area contributed by atoms with E-state index >= 15 is 0 Å². The van der Waals surface area contributed by atoms with Gasteiger partial charge in [-0.05, 0) is 50.3 Å². The Bertz CT molecular complexity index is 528. The zero-order valence-electron chi connectivity index (χ0n) is 14.7. The lowest BCUT2D eigenvalue weighted by Gasteiger charge is -2.15. The smallest absolute Gasteiger partial charge is 0.311 e. The number of benzene rings is 1. The van der Waals surface area contributed by atoms with Crippen molar-refractivity contribution in [3.63, 3.8) is 0 Å². The predicted molar refractivity (Wildman–Crippen MR) is 95.2 cm³/mol. The van der Waals surface area contributed by atoms with Gasteiger partial charge in [-0.2, -0.15) is 0 Å². The molecule has 0 saturated heterocycles. The third-order valence-corrected chi connectivity index (χ3v) is 3.66. The summed E-state index contributed by atoms with van der Waals surface area (Å²) in [5.41, 5.74) is 0. The van der Waals surface area contributed by atoms with Gasteiger partial charge in [0.2, 0.25) is 0 Å². The highest BCUT2D eigenvalue weighted by Gasteiger charge is 2.11. The molecule has 0 heterocycles. The van der Waals surface area contributed by atoms with E-state index in [1.165, 1.54) is 0 Å². The number of ether oxygens (including phenoxy) is 2. The van der Waals surface area contributed by atoms with Crippen LogP contribution in [0.25, 0.3) is 0 Å². The second-order valence-electron chi connectivity index (χ2n) is 6.42. The highest BCUT2D eigenvalue weighted by molar-refractivity contribution is 6.30. The largest absolute Gasteiger partial charge is 0.463 e. The minimum Gasteiger partial charge on any atom is -0.463 e. The Morgan fingerprint density at radius 3 is 2.33 bits per heavy atom. The number of hydrogen-bond acceptors (Lipinski definition) is 4. The molecule has 0 N–H and O–H groups in total. The number of unbranched alkanes of at least 4 members (excludes halogenated alkanes) is 2. The van der Waals surface area contributed by atoms with Gasteiger partial charge in [0.25, 0.3) is 0 Å². The topological polar surface area (TPSA) is 52.6 Å². The van der Waals surface area contributed by atoms with Crippen LogP contribution in [0, 0.1) is 5.92 Å². The molecule has 0 fully saturated rings. The molecular formula is C19H27ClO4. The van der Waals surface area contributed by atoms with E-state index in [-0.39, 0.29) is 18.0 Å². The molecule has 1 aromatic carbocycles. The first-order valence-electron chi connectivity index (χ1n) is 8.52. The third-order valence-electron chi connectivity index (χ3n) is 3.43. The summed E-state index contributed by atoms with van der Waals surface area (Å²) in [5, 5.41) is 0.533. The number of carbonyl (C=O) groups is 2. The van der Waals surface area contributed by atoms with Crippen molar-refractivity contribution in [2.24, 2.45) is 5.92 Å². The van der Waals surface area contributed by atoms with E-state index in [1.54, 1.807) is 24.3 Å². The quantitative estimate of drug-likeness (QED) is 0.330. The van der Waals surface area contributed by atoms with Crippen LogP contribution in [0.3, 0.4) is 0 Å². The third kappa shape index (κ3) is 9.56. The Labute approximate surface area is 149 Å². The molecule has 0 radical (unpaired) electrons. The maximum atomic E-state index is 11.7. The van der Waals surface area contributed by atoms with Gasteiger partial charge in [-0.25, -0.2) is 0 Å². The molecule has 4 nitrogen and oxygen atoms in total. The highest BCUT2D eigenvalue weighted by Crippen LogP contribution is 2.18. The van der Waals surface area contributed by atoms with E-state index in [2.05, 4.69) is 13.8 Å². The summed E-state index contributed by atoms with van der Waals surface area (Å²) < 4.78 is 10.5. The first-order valence-corrected chi connectivity index (χ1v) is 8.90. The molecule has 1 atom stereocenters. The van der Waals surface area contributed by atoms with Crippen LogP contribution in [0.15, 0.2) is 24.3 Å². The van der Waals surface area contributed by atoms with Crippen LogP contribution in [-0.4, -0.2) is 18.0 Å². The summed E-state index contributed by atoms with van der Waals surface area (Å²) in [5.74, 6) is 0.517. The average molecular weight is 355 g/mol. The molecule has 0 saturated carbocycles. The molecule has 134 valence electrons. The molecule has 0 amide bonds. The Kier molecular flexibility index (Phi) is 9.46. The normalized spacial score (nSPS) is 12.0. The van der Waals surface area contributed by atoms with Gasteiger partial charge in [-0.1, -0.05) is 37.9 Å². The van der Waals surface area contributed by atoms with Crippen molar-refractivity contribution < 1.29 is 19.1 Å². The summed E-state index contributed by atoms with van der Waals surface area (Å²) in [6, 6.07) is 6.75. The molecule has 1 rings (SSSR count). The maximum absolute atomic E-state index is 11.7. The Morgan fingerprint density at radius 2 is 1.71 bits per heavy atom. The molecule has 0 aliphatic heterocycles. The minimum absolute atomic E-state index is 0.0369. The van der Waals surface area contributed by atoms with Gasteiger partial charge < -0.3 is 9.47 Å². The molecule has 0 spiro atoms. The van der Waals surface area contributed by atoms with Crippen molar-refractivity contribution in [3.05, 3.63) is 29.3 Å². The number of esters is 2. The summed E-state index contributed by atoms with van der Waals surface area (Å²) in [4.78, 5) is 23.4. The van der Waals surface area contributed by atoms with E-state index in [0.717, 1.165) is 19.3 Å². The van der Waals surface area contributed by atoms with Gasteiger partial charge in [0.05, 0.1) is 6.10 Å². The summed E-state index contributed by atoms with van der Waals surface area (Å²) in [6.07, 6.45) is 3.76. The average Bonchev–Trinajstić information content (AvgIpc) is 2.45. The van der Waals surface area contributed by atoms with Gasteiger partial charge in [0, 0.05) is 17.9 Å². The molecule has 5 heteroatoms. The number of rotatable bonds is 10. The van der Waals surface area contributed by atoms with Gasteiger partial charge in [0.1, 0.15) is 5.75 Å². The van der Waals surface area contributed by atoms with Crippen LogP contribution >= 0.6 is 11.6 Å². The zero-order valence-corrected chi connectivity index (χ0v) is 15.5. The fraction of sp³-hybridized carbons (Fsp3) is 0.579. The van der Waals surface area contributed by atoms with Crippen LogP contribution in [0.4, 0.5) is 0 Å². The van der Waals surface area contributed by atoms with Gasteiger partial charge >= 0.3 is 11.9 Å². The Morgan fingerprint density at radius 1 is 1.04 bits per heavy atom. The highest BCUT2D eigenvalue weighted by atomic mass is 35.5. The number of hydrogen-bond donors (Lipinski definition) is 0. The monoisotopic (exact) mass is 354 g/mol. The molecule has 0 bridgehead atoms. The standard InChI is InChI=1S/C19H27ClO4/c1-14(2)12-15(3)23-18(21)10-5-4-6-11-19(22)24-17-9-7-8-16(20)13-17/h7-9,13-15H,4-6,10-12H2,1-3H3. The zero-order chi connectivity index (χ0) is 17.9. The van der Waals surface area contributed by atoms with Crippen molar-refractivity contribution >= 4 is 23.5 Å². The lowest BCUT2D eigenvalue weighted by molar-refractivity contribution is -0.149. The van der Waals surface area contributed by atoms with E-state index in [9.17, 15) is 9.59 Å². The second kappa shape index (κ2) is 11.1. The fourth-order valence-electron chi connectivity index (χ4n) is 2.42. The second-order valence-corrected chi connectivity index (χ2v) is 6.86. The van der Waals surface area contributed by atoms with Crippen molar-refractivity contribution in [3.8, 4) is 5.75 Å². The molecule has 0 aliphatic rings. The van der Waals surface area contributed by atoms with Crippen molar-refractivity contribution in [2.75, 3.05) is 0 Å². The summed E-state index contributed by atoms with van der Waals surface area (Å²) >= 11 is 5.83.